The zero-order valence-corrected chi connectivity index (χ0v) is 9.66. The topological polar surface area (TPSA) is 68.0 Å². The van der Waals surface area contributed by atoms with Crippen molar-refractivity contribution in [3.05, 3.63) is 24.0 Å². The van der Waals surface area contributed by atoms with Gasteiger partial charge in [-0.05, 0) is 29.9 Å². The van der Waals surface area contributed by atoms with Gasteiger partial charge in [-0.15, -0.1) is 0 Å². The fourth-order valence-corrected chi connectivity index (χ4v) is 1.77. The van der Waals surface area contributed by atoms with Gasteiger partial charge in [0.25, 0.3) is 5.91 Å². The third-order valence-corrected chi connectivity index (χ3v) is 3.25. The molecule has 4 heteroatoms. The highest BCUT2D eigenvalue weighted by Gasteiger charge is 2.45. The number of carbonyl (C=O) groups is 1. The van der Waals surface area contributed by atoms with Crippen LogP contribution in [0.1, 0.15) is 30.8 Å². The van der Waals surface area contributed by atoms with E-state index in [2.05, 4.69) is 24.1 Å². The SMILES string of the molecule is CC1(C)CC1CNC(=O)c1ccc(N)cn1. The number of nitrogens with two attached hydrogens (primary N) is 1. The van der Waals surface area contributed by atoms with Crippen LogP contribution in [0.5, 0.6) is 0 Å². The second-order valence-electron chi connectivity index (χ2n) is 5.08. The van der Waals surface area contributed by atoms with Crippen LogP contribution in [0, 0.1) is 11.3 Å². The first-order valence-electron chi connectivity index (χ1n) is 5.49. The van der Waals surface area contributed by atoms with Crippen LogP contribution in [0.3, 0.4) is 0 Å². The van der Waals surface area contributed by atoms with E-state index >= 15 is 0 Å². The molecule has 1 atom stereocenters. The van der Waals surface area contributed by atoms with Crippen LogP contribution in [-0.2, 0) is 0 Å². The molecular weight excluding hydrogens is 202 g/mol. The van der Waals surface area contributed by atoms with Crippen molar-refractivity contribution in [2.24, 2.45) is 11.3 Å². The van der Waals surface area contributed by atoms with Crippen LogP contribution in [0.15, 0.2) is 18.3 Å². The smallest absolute Gasteiger partial charge is 0.269 e. The fraction of sp³-hybridized carbons (Fsp3) is 0.500. The van der Waals surface area contributed by atoms with Crippen molar-refractivity contribution in [2.45, 2.75) is 20.3 Å². The minimum absolute atomic E-state index is 0.122. The molecule has 0 saturated heterocycles. The first-order chi connectivity index (χ1) is 7.49. The van der Waals surface area contributed by atoms with Gasteiger partial charge in [0.2, 0.25) is 0 Å². The lowest BCUT2D eigenvalue weighted by Gasteiger charge is -2.06. The number of nitrogens with zero attached hydrogens (tertiary/aromatic N) is 1. The van der Waals surface area contributed by atoms with Gasteiger partial charge in [0.1, 0.15) is 5.69 Å². The molecule has 2 rings (SSSR count). The minimum atomic E-state index is -0.122. The largest absolute Gasteiger partial charge is 0.397 e. The maximum Gasteiger partial charge on any atom is 0.269 e. The summed E-state index contributed by atoms with van der Waals surface area (Å²) in [6.07, 6.45) is 2.68. The Bertz CT molecular complexity index is 397. The predicted molar refractivity (Wildman–Crippen MR) is 62.9 cm³/mol. The number of carbonyl (C=O) groups excluding carboxylic acids is 1. The Morgan fingerprint density at radius 1 is 1.62 bits per heavy atom. The molecule has 0 spiro atoms. The third kappa shape index (κ3) is 2.32. The number of hydrogen-bond acceptors (Lipinski definition) is 3. The van der Waals surface area contributed by atoms with Gasteiger partial charge < -0.3 is 11.1 Å². The van der Waals surface area contributed by atoms with Crippen molar-refractivity contribution in [1.82, 2.24) is 10.3 Å². The number of anilines is 1. The molecule has 1 aliphatic rings. The Kier molecular flexibility index (Phi) is 2.58. The molecule has 0 aromatic carbocycles. The molecule has 1 aromatic rings. The highest BCUT2D eigenvalue weighted by molar-refractivity contribution is 5.92. The van der Waals surface area contributed by atoms with Crippen molar-refractivity contribution < 1.29 is 4.79 Å². The summed E-state index contributed by atoms with van der Waals surface area (Å²) >= 11 is 0. The second kappa shape index (κ2) is 3.77. The average molecular weight is 219 g/mol. The minimum Gasteiger partial charge on any atom is -0.397 e. The number of aromatic nitrogens is 1. The van der Waals surface area contributed by atoms with E-state index in [9.17, 15) is 4.79 Å². The first-order valence-corrected chi connectivity index (χ1v) is 5.49. The monoisotopic (exact) mass is 219 g/mol. The number of nitrogens with one attached hydrogen (secondary N) is 1. The molecule has 1 saturated carbocycles. The normalized spacial score (nSPS) is 21.5. The number of pyridine rings is 1. The highest BCUT2D eigenvalue weighted by atomic mass is 16.1. The molecule has 1 fully saturated rings. The van der Waals surface area contributed by atoms with Crippen LogP contribution >= 0.6 is 0 Å². The van der Waals surface area contributed by atoms with Gasteiger partial charge in [-0.2, -0.15) is 0 Å². The lowest BCUT2D eigenvalue weighted by Crippen LogP contribution is -2.27. The van der Waals surface area contributed by atoms with E-state index in [0.29, 0.717) is 22.7 Å². The van der Waals surface area contributed by atoms with E-state index < -0.39 is 0 Å². The molecule has 1 aromatic heterocycles. The standard InChI is InChI=1S/C12H17N3O/c1-12(2)5-8(12)6-15-11(16)10-4-3-9(13)7-14-10/h3-4,7-8H,5-6,13H2,1-2H3,(H,15,16). The lowest BCUT2D eigenvalue weighted by molar-refractivity contribution is 0.0945. The van der Waals surface area contributed by atoms with E-state index in [0.717, 1.165) is 6.54 Å². The first kappa shape index (κ1) is 10.9. The molecule has 0 radical (unpaired) electrons. The molecule has 1 amide bonds. The maximum atomic E-state index is 11.7. The average Bonchev–Trinajstić information content (AvgIpc) is 2.84. The summed E-state index contributed by atoms with van der Waals surface area (Å²) in [6.45, 7) is 5.16. The van der Waals surface area contributed by atoms with Crippen LogP contribution in [0.2, 0.25) is 0 Å². The van der Waals surface area contributed by atoms with Crippen LogP contribution in [0.4, 0.5) is 5.69 Å². The maximum absolute atomic E-state index is 11.7. The van der Waals surface area contributed by atoms with Crippen molar-refractivity contribution in [1.29, 1.82) is 0 Å². The summed E-state index contributed by atoms with van der Waals surface area (Å²) in [5, 5.41) is 2.89. The quantitative estimate of drug-likeness (QED) is 0.808. The van der Waals surface area contributed by atoms with Crippen LogP contribution in [0.25, 0.3) is 0 Å². The van der Waals surface area contributed by atoms with Crippen molar-refractivity contribution in [3.63, 3.8) is 0 Å². The van der Waals surface area contributed by atoms with Gasteiger partial charge in [0, 0.05) is 6.54 Å². The summed E-state index contributed by atoms with van der Waals surface area (Å²) in [4.78, 5) is 15.7. The molecule has 1 aliphatic carbocycles. The molecule has 16 heavy (non-hydrogen) atoms. The van der Waals surface area contributed by atoms with Gasteiger partial charge in [0.15, 0.2) is 0 Å². The Morgan fingerprint density at radius 2 is 2.31 bits per heavy atom. The van der Waals surface area contributed by atoms with Gasteiger partial charge in [-0.3, -0.25) is 4.79 Å². The molecule has 3 N–H and O–H groups in total. The summed E-state index contributed by atoms with van der Waals surface area (Å²) in [7, 11) is 0. The molecule has 0 bridgehead atoms. The molecule has 4 nitrogen and oxygen atoms in total. The Morgan fingerprint density at radius 3 is 2.81 bits per heavy atom. The van der Waals surface area contributed by atoms with Gasteiger partial charge in [-0.25, -0.2) is 4.98 Å². The molecule has 86 valence electrons. The van der Waals surface area contributed by atoms with Crippen molar-refractivity contribution in [3.8, 4) is 0 Å². The number of rotatable bonds is 3. The summed E-state index contributed by atoms with van der Waals surface area (Å²) < 4.78 is 0. The number of nitrogen functional groups attached to an aromatic ring is 1. The van der Waals surface area contributed by atoms with Crippen molar-refractivity contribution in [2.75, 3.05) is 12.3 Å². The molecular formula is C12H17N3O. The van der Waals surface area contributed by atoms with E-state index in [4.69, 9.17) is 5.73 Å². The van der Waals surface area contributed by atoms with Gasteiger partial charge >= 0.3 is 0 Å². The fourth-order valence-electron chi connectivity index (χ4n) is 1.77. The molecule has 1 heterocycles. The zero-order valence-electron chi connectivity index (χ0n) is 9.66. The van der Waals surface area contributed by atoms with Crippen LogP contribution < -0.4 is 11.1 Å². The molecule has 0 aliphatic heterocycles. The number of hydrogen-bond donors (Lipinski definition) is 2. The summed E-state index contributed by atoms with van der Waals surface area (Å²) in [6, 6.07) is 3.33. The lowest BCUT2D eigenvalue weighted by atomic mass is 10.1. The van der Waals surface area contributed by atoms with E-state index in [-0.39, 0.29) is 5.91 Å². The summed E-state index contributed by atoms with van der Waals surface area (Å²) in [5.41, 5.74) is 6.88. The zero-order chi connectivity index (χ0) is 11.8. The van der Waals surface area contributed by atoms with E-state index in [1.54, 1.807) is 12.1 Å². The Hall–Kier alpha value is -1.58. The Labute approximate surface area is 95.3 Å². The number of amides is 1. The highest BCUT2D eigenvalue weighted by Crippen LogP contribution is 2.50. The summed E-state index contributed by atoms with van der Waals surface area (Å²) in [5.74, 6) is 0.480. The second-order valence-corrected chi connectivity index (χ2v) is 5.08. The van der Waals surface area contributed by atoms with E-state index in [1.807, 2.05) is 0 Å². The Balaban J connectivity index is 1.87. The van der Waals surface area contributed by atoms with Gasteiger partial charge in [-0.1, -0.05) is 13.8 Å². The van der Waals surface area contributed by atoms with Gasteiger partial charge in [0.05, 0.1) is 11.9 Å². The van der Waals surface area contributed by atoms with E-state index in [1.165, 1.54) is 12.6 Å². The predicted octanol–water partition coefficient (Wildman–Crippen LogP) is 1.44. The van der Waals surface area contributed by atoms with Crippen molar-refractivity contribution >= 4 is 11.6 Å². The third-order valence-electron chi connectivity index (χ3n) is 3.25. The van der Waals surface area contributed by atoms with Crippen LogP contribution in [-0.4, -0.2) is 17.4 Å². The molecule has 1 unspecified atom stereocenters.